The van der Waals surface area contributed by atoms with Crippen LogP contribution in [0.1, 0.15) is 6.42 Å². The van der Waals surface area contributed by atoms with Crippen LogP contribution in [0, 0.1) is 5.82 Å². The van der Waals surface area contributed by atoms with Gasteiger partial charge in [0.25, 0.3) is 0 Å². The second-order valence-corrected chi connectivity index (χ2v) is 4.11. The highest BCUT2D eigenvalue weighted by molar-refractivity contribution is 5.98. The van der Waals surface area contributed by atoms with Crippen LogP contribution in [0.5, 0.6) is 0 Å². The van der Waals surface area contributed by atoms with E-state index in [1.54, 1.807) is 13.1 Å². The Morgan fingerprint density at radius 3 is 2.88 bits per heavy atom. The predicted octanol–water partition coefficient (Wildman–Crippen LogP) is 0.957. The molecule has 0 bridgehead atoms. The third kappa shape index (κ3) is 2.24. The van der Waals surface area contributed by atoms with E-state index in [1.165, 1.54) is 17.0 Å². The van der Waals surface area contributed by atoms with E-state index >= 15 is 0 Å². The first-order valence-corrected chi connectivity index (χ1v) is 5.64. The predicted molar refractivity (Wildman–Crippen MR) is 65.7 cm³/mol. The van der Waals surface area contributed by atoms with Crippen LogP contribution in [0.4, 0.5) is 15.8 Å². The molecular formula is C12H16FN3O. The van der Waals surface area contributed by atoms with Gasteiger partial charge in [-0.1, -0.05) is 0 Å². The van der Waals surface area contributed by atoms with Gasteiger partial charge in [0.1, 0.15) is 5.82 Å². The molecule has 1 aliphatic heterocycles. The normalized spacial score (nSPS) is 15.8. The van der Waals surface area contributed by atoms with Gasteiger partial charge in [-0.25, -0.2) is 4.39 Å². The van der Waals surface area contributed by atoms with Gasteiger partial charge in [-0.05, 0) is 18.2 Å². The van der Waals surface area contributed by atoms with Gasteiger partial charge in [0, 0.05) is 33.1 Å². The summed E-state index contributed by atoms with van der Waals surface area (Å²) in [7, 11) is 1.67. The maximum absolute atomic E-state index is 13.3. The zero-order valence-corrected chi connectivity index (χ0v) is 9.82. The topological polar surface area (TPSA) is 49.6 Å². The molecule has 0 saturated carbocycles. The molecule has 92 valence electrons. The van der Waals surface area contributed by atoms with Crippen molar-refractivity contribution in [3.63, 3.8) is 0 Å². The lowest BCUT2D eigenvalue weighted by Gasteiger charge is -2.24. The van der Waals surface area contributed by atoms with Crippen molar-refractivity contribution < 1.29 is 9.18 Å². The van der Waals surface area contributed by atoms with Crippen molar-refractivity contribution in [3.8, 4) is 0 Å². The fraction of sp³-hybridized carbons (Fsp3) is 0.417. The van der Waals surface area contributed by atoms with E-state index in [4.69, 9.17) is 5.73 Å². The minimum Gasteiger partial charge on any atom is -0.368 e. The first-order valence-electron chi connectivity index (χ1n) is 5.64. The van der Waals surface area contributed by atoms with Gasteiger partial charge in [0.05, 0.1) is 11.4 Å². The highest BCUT2D eigenvalue weighted by Crippen LogP contribution is 2.32. The van der Waals surface area contributed by atoms with E-state index < -0.39 is 0 Å². The number of rotatable bonds is 2. The number of hydrogen-bond acceptors (Lipinski definition) is 3. The number of halogens is 1. The molecule has 2 N–H and O–H groups in total. The summed E-state index contributed by atoms with van der Waals surface area (Å²) in [6.07, 6.45) is 0.423. The molecular weight excluding hydrogens is 221 g/mol. The number of fused-ring (bicyclic) bond motifs is 1. The number of carbonyl (C=O) groups excluding carboxylic acids is 1. The van der Waals surface area contributed by atoms with Crippen molar-refractivity contribution >= 4 is 17.3 Å². The van der Waals surface area contributed by atoms with E-state index in [0.717, 1.165) is 5.69 Å². The van der Waals surface area contributed by atoms with Gasteiger partial charge >= 0.3 is 0 Å². The summed E-state index contributed by atoms with van der Waals surface area (Å²) in [5.74, 6) is -0.339. The van der Waals surface area contributed by atoms with E-state index in [1.807, 2.05) is 4.90 Å². The Morgan fingerprint density at radius 1 is 1.41 bits per heavy atom. The maximum Gasteiger partial charge on any atom is 0.228 e. The van der Waals surface area contributed by atoms with Crippen molar-refractivity contribution in [1.29, 1.82) is 0 Å². The lowest BCUT2D eigenvalue weighted by Crippen LogP contribution is -2.30. The van der Waals surface area contributed by atoms with Crippen LogP contribution < -0.4 is 15.5 Å². The Hall–Kier alpha value is -1.62. The number of amides is 1. The first kappa shape index (κ1) is 11.9. The average Bonchev–Trinajstić information content (AvgIpc) is 2.42. The summed E-state index contributed by atoms with van der Waals surface area (Å²) >= 11 is 0. The first-order chi connectivity index (χ1) is 8.13. The summed E-state index contributed by atoms with van der Waals surface area (Å²) < 4.78 is 13.3. The summed E-state index contributed by atoms with van der Waals surface area (Å²) in [5.41, 5.74) is 7.03. The average molecular weight is 237 g/mol. The van der Waals surface area contributed by atoms with Crippen LogP contribution in [0.3, 0.4) is 0 Å². The monoisotopic (exact) mass is 237 g/mol. The summed E-state index contributed by atoms with van der Waals surface area (Å²) in [4.78, 5) is 15.3. The second kappa shape index (κ2) is 4.71. The number of anilines is 2. The molecule has 0 saturated heterocycles. The maximum atomic E-state index is 13.3. The van der Waals surface area contributed by atoms with Gasteiger partial charge in [0.2, 0.25) is 5.91 Å². The minimum absolute atomic E-state index is 0.00336. The van der Waals surface area contributed by atoms with E-state index in [-0.39, 0.29) is 11.7 Å². The number of nitrogens with two attached hydrogens (primary N) is 1. The van der Waals surface area contributed by atoms with Gasteiger partial charge in [-0.15, -0.1) is 0 Å². The van der Waals surface area contributed by atoms with Crippen LogP contribution in [0.25, 0.3) is 0 Å². The number of nitrogens with zero attached hydrogens (tertiary/aromatic N) is 2. The van der Waals surface area contributed by atoms with Gasteiger partial charge in [0.15, 0.2) is 0 Å². The van der Waals surface area contributed by atoms with Crippen LogP contribution in [-0.2, 0) is 4.79 Å². The summed E-state index contributed by atoms with van der Waals surface area (Å²) in [6, 6.07) is 4.50. The molecule has 17 heavy (non-hydrogen) atoms. The molecule has 0 aromatic heterocycles. The molecule has 1 aliphatic rings. The molecule has 0 aliphatic carbocycles. The zero-order valence-electron chi connectivity index (χ0n) is 9.82. The second-order valence-electron chi connectivity index (χ2n) is 4.11. The lowest BCUT2D eigenvalue weighted by molar-refractivity contribution is -0.118. The van der Waals surface area contributed by atoms with Gasteiger partial charge in [-0.3, -0.25) is 4.79 Å². The molecule has 1 aromatic rings. The van der Waals surface area contributed by atoms with Gasteiger partial charge < -0.3 is 15.5 Å². The molecule has 0 fully saturated rings. The molecule has 0 unspecified atom stereocenters. The van der Waals surface area contributed by atoms with Crippen LogP contribution >= 0.6 is 0 Å². The van der Waals surface area contributed by atoms with Crippen LogP contribution in [0.15, 0.2) is 18.2 Å². The minimum atomic E-state index is -0.335. The van der Waals surface area contributed by atoms with E-state index in [9.17, 15) is 9.18 Å². The molecule has 2 rings (SSSR count). The molecule has 0 atom stereocenters. The Balaban J connectivity index is 2.46. The zero-order chi connectivity index (χ0) is 12.4. The molecule has 0 radical (unpaired) electrons. The molecule has 1 heterocycles. The van der Waals surface area contributed by atoms with E-state index in [0.29, 0.717) is 31.7 Å². The molecule has 1 aromatic carbocycles. The molecule has 5 heteroatoms. The molecule has 1 amide bonds. The van der Waals surface area contributed by atoms with Crippen molar-refractivity contribution in [2.24, 2.45) is 5.73 Å². The number of carbonyl (C=O) groups is 1. The summed E-state index contributed by atoms with van der Waals surface area (Å²) in [6.45, 7) is 1.80. The van der Waals surface area contributed by atoms with Crippen molar-refractivity contribution in [1.82, 2.24) is 0 Å². The molecule has 4 nitrogen and oxygen atoms in total. The smallest absolute Gasteiger partial charge is 0.228 e. The Kier molecular flexibility index (Phi) is 3.28. The Morgan fingerprint density at radius 2 is 2.18 bits per heavy atom. The van der Waals surface area contributed by atoms with Crippen molar-refractivity contribution in [2.45, 2.75) is 6.42 Å². The third-order valence-corrected chi connectivity index (χ3v) is 3.01. The van der Waals surface area contributed by atoms with E-state index in [2.05, 4.69) is 0 Å². The number of benzene rings is 1. The lowest BCUT2D eigenvalue weighted by atomic mass is 10.2. The Labute approximate surface area is 99.8 Å². The molecule has 0 spiro atoms. The van der Waals surface area contributed by atoms with Crippen molar-refractivity contribution in [2.75, 3.05) is 36.5 Å². The summed E-state index contributed by atoms with van der Waals surface area (Å²) in [5, 5.41) is 0. The quantitative estimate of drug-likeness (QED) is 0.833. The fourth-order valence-electron chi connectivity index (χ4n) is 2.07. The highest BCUT2D eigenvalue weighted by Gasteiger charge is 2.23. The third-order valence-electron chi connectivity index (χ3n) is 3.01. The van der Waals surface area contributed by atoms with Crippen molar-refractivity contribution in [3.05, 3.63) is 24.0 Å². The SMILES string of the molecule is CN1C(=O)CCN(CCN)c2ccc(F)cc21. The van der Waals surface area contributed by atoms with Crippen LogP contribution in [0.2, 0.25) is 0 Å². The fourth-order valence-corrected chi connectivity index (χ4v) is 2.07. The largest absolute Gasteiger partial charge is 0.368 e. The standard InChI is InChI=1S/C12H16FN3O/c1-15-11-8-9(13)2-3-10(11)16(7-5-14)6-4-12(15)17/h2-3,8H,4-7,14H2,1H3. The number of hydrogen-bond donors (Lipinski definition) is 1. The van der Waals surface area contributed by atoms with Gasteiger partial charge in [-0.2, -0.15) is 0 Å². The highest BCUT2D eigenvalue weighted by atomic mass is 19.1. The van der Waals surface area contributed by atoms with Crippen LogP contribution in [-0.4, -0.2) is 32.6 Å². The Bertz CT molecular complexity index is 436.